The Morgan fingerprint density at radius 1 is 1.06 bits per heavy atom. The molecule has 1 fully saturated rings. The number of fused-ring (bicyclic) bond motifs is 1. The van der Waals surface area contributed by atoms with Gasteiger partial charge in [0.1, 0.15) is 16.6 Å². The van der Waals surface area contributed by atoms with Crippen LogP contribution in [0.4, 0.5) is 10.9 Å². The molecule has 0 aliphatic carbocycles. The molecular weight excluding hydrogens is 448 g/mol. The van der Waals surface area contributed by atoms with Gasteiger partial charge in [-0.2, -0.15) is 0 Å². The van der Waals surface area contributed by atoms with E-state index in [2.05, 4.69) is 42.0 Å². The van der Waals surface area contributed by atoms with Gasteiger partial charge in [0.05, 0.1) is 11.9 Å². The molecule has 10 heteroatoms. The molecule has 0 bridgehead atoms. The van der Waals surface area contributed by atoms with Gasteiger partial charge >= 0.3 is 0 Å². The largest absolute Gasteiger partial charge is 0.354 e. The highest BCUT2D eigenvalue weighted by Crippen LogP contribution is 2.29. The van der Waals surface area contributed by atoms with Gasteiger partial charge in [0.2, 0.25) is 5.13 Å². The normalized spacial score (nSPS) is 14.5. The van der Waals surface area contributed by atoms with Crippen LogP contribution in [-0.2, 0) is 6.42 Å². The van der Waals surface area contributed by atoms with E-state index in [9.17, 15) is 4.79 Å². The quantitative estimate of drug-likeness (QED) is 0.391. The third-order valence-electron chi connectivity index (χ3n) is 5.89. The highest BCUT2D eigenvalue weighted by molar-refractivity contribution is 7.18. The van der Waals surface area contributed by atoms with Crippen LogP contribution >= 0.6 is 11.3 Å². The maximum atomic E-state index is 13.0. The second kappa shape index (κ2) is 9.40. The van der Waals surface area contributed by atoms with Gasteiger partial charge in [-0.3, -0.25) is 4.79 Å². The molecule has 0 radical (unpaired) electrons. The van der Waals surface area contributed by atoms with Crippen molar-refractivity contribution in [3.05, 3.63) is 54.1 Å². The molecule has 0 saturated carbocycles. The second-order valence-corrected chi connectivity index (χ2v) is 9.59. The van der Waals surface area contributed by atoms with Gasteiger partial charge in [0.25, 0.3) is 0 Å². The zero-order valence-electron chi connectivity index (χ0n) is 19.5. The summed E-state index contributed by atoms with van der Waals surface area (Å²) >= 11 is 1.52. The van der Waals surface area contributed by atoms with E-state index in [4.69, 9.17) is 0 Å². The molecule has 5 rings (SSSR count). The molecule has 1 aliphatic rings. The first-order valence-corrected chi connectivity index (χ1v) is 12.0. The number of aromatic nitrogens is 5. The van der Waals surface area contributed by atoms with E-state index in [0.29, 0.717) is 11.4 Å². The monoisotopic (exact) mass is 474 g/mol. The first-order chi connectivity index (χ1) is 16.5. The fourth-order valence-corrected chi connectivity index (χ4v) is 4.60. The second-order valence-electron chi connectivity index (χ2n) is 8.64. The lowest BCUT2D eigenvalue weighted by Gasteiger charge is -2.33. The predicted molar refractivity (Wildman–Crippen MR) is 135 cm³/mol. The van der Waals surface area contributed by atoms with Gasteiger partial charge < -0.3 is 14.7 Å². The minimum Gasteiger partial charge on any atom is -0.354 e. The average molecular weight is 475 g/mol. The molecule has 174 valence electrons. The van der Waals surface area contributed by atoms with E-state index in [1.807, 2.05) is 43.3 Å². The van der Waals surface area contributed by atoms with Crippen molar-refractivity contribution in [2.24, 2.45) is 0 Å². The number of carbonyl (C=O) groups is 1. The van der Waals surface area contributed by atoms with Crippen LogP contribution in [-0.4, -0.2) is 83.2 Å². The topological polar surface area (TPSA) is 91.2 Å². The molecule has 1 saturated heterocycles. The van der Waals surface area contributed by atoms with Crippen LogP contribution in [0.15, 0.2) is 42.7 Å². The molecule has 0 unspecified atom stereocenters. The lowest BCUT2D eigenvalue weighted by Crippen LogP contribution is -2.44. The number of rotatable bonds is 6. The van der Waals surface area contributed by atoms with Crippen LogP contribution in [0.2, 0.25) is 0 Å². The van der Waals surface area contributed by atoms with Gasteiger partial charge in [-0.1, -0.05) is 23.5 Å². The molecule has 0 spiro atoms. The number of pyridine rings is 1. The van der Waals surface area contributed by atoms with Crippen LogP contribution < -0.4 is 9.80 Å². The fourth-order valence-electron chi connectivity index (χ4n) is 3.84. The third-order valence-corrected chi connectivity index (χ3v) is 7.03. The zero-order valence-corrected chi connectivity index (χ0v) is 20.3. The van der Waals surface area contributed by atoms with Gasteiger partial charge in [0, 0.05) is 69.2 Å². The Bertz CT molecular complexity index is 1330. The molecule has 4 aromatic rings. The Balaban J connectivity index is 1.35. The van der Waals surface area contributed by atoms with Crippen molar-refractivity contribution in [2.75, 3.05) is 57.1 Å². The first-order valence-electron chi connectivity index (χ1n) is 11.2. The minimum atomic E-state index is -0.0203. The van der Waals surface area contributed by atoms with Crippen molar-refractivity contribution in [1.82, 2.24) is 30.0 Å². The van der Waals surface area contributed by atoms with Crippen LogP contribution in [0.1, 0.15) is 16.2 Å². The Hall–Kier alpha value is -3.50. The average Bonchev–Trinajstić information content (AvgIpc) is 3.35. The summed E-state index contributed by atoms with van der Waals surface area (Å²) in [6, 6.07) is 9.58. The summed E-state index contributed by atoms with van der Waals surface area (Å²) in [5.74, 6) is 1.32. The molecule has 4 heterocycles. The highest BCUT2D eigenvalue weighted by Gasteiger charge is 2.18. The standard InChI is InChI=1S/C24H26N8OS/c1-30(2)24-29-28-23(34-24)17-4-5-18-15-26-21(27-19(18)12-17)14-20(33)16-6-7-25-22(13-16)32-10-8-31(3)9-11-32/h4-7,12-13,15H,8-11,14H2,1-3H3. The van der Waals surface area contributed by atoms with E-state index < -0.39 is 0 Å². The number of carbonyl (C=O) groups excluding carboxylic acids is 1. The maximum absolute atomic E-state index is 13.0. The number of hydrogen-bond donors (Lipinski definition) is 0. The van der Waals surface area contributed by atoms with Gasteiger partial charge in [-0.05, 0) is 25.2 Å². The third kappa shape index (κ3) is 4.73. The maximum Gasteiger partial charge on any atom is 0.208 e. The van der Waals surface area contributed by atoms with Gasteiger partial charge in [-0.15, -0.1) is 10.2 Å². The number of Topliss-reactive ketones (excluding diaryl/α,β-unsaturated/α-hetero) is 1. The van der Waals surface area contributed by atoms with Crippen molar-refractivity contribution in [2.45, 2.75) is 6.42 Å². The van der Waals surface area contributed by atoms with Crippen molar-refractivity contribution < 1.29 is 4.79 Å². The highest BCUT2D eigenvalue weighted by atomic mass is 32.1. The number of anilines is 2. The smallest absolute Gasteiger partial charge is 0.208 e. The number of benzene rings is 1. The zero-order chi connectivity index (χ0) is 23.7. The molecule has 3 aromatic heterocycles. The summed E-state index contributed by atoms with van der Waals surface area (Å²) in [4.78, 5) is 33.1. The Morgan fingerprint density at radius 2 is 1.88 bits per heavy atom. The van der Waals surface area contributed by atoms with E-state index in [1.54, 1.807) is 18.5 Å². The molecule has 9 nitrogen and oxygen atoms in total. The first kappa shape index (κ1) is 22.3. The molecule has 0 atom stereocenters. The van der Waals surface area contributed by atoms with Gasteiger partial charge in [0.15, 0.2) is 5.78 Å². The number of piperazine rings is 1. The van der Waals surface area contributed by atoms with Crippen LogP contribution in [0.25, 0.3) is 21.5 Å². The fraction of sp³-hybridized carbons (Fsp3) is 0.333. The Labute approximate surface area is 202 Å². The summed E-state index contributed by atoms with van der Waals surface area (Å²) in [5.41, 5.74) is 2.36. The molecule has 0 amide bonds. The predicted octanol–water partition coefficient (Wildman–Crippen LogP) is 2.79. The van der Waals surface area contributed by atoms with E-state index in [1.165, 1.54) is 11.3 Å². The molecule has 0 N–H and O–H groups in total. The van der Waals surface area contributed by atoms with E-state index >= 15 is 0 Å². The number of ketones is 1. The number of likely N-dealkylation sites (N-methyl/N-ethyl adjacent to an activating group) is 1. The number of hydrogen-bond acceptors (Lipinski definition) is 10. The number of nitrogens with zero attached hydrogens (tertiary/aromatic N) is 8. The Morgan fingerprint density at radius 3 is 2.65 bits per heavy atom. The van der Waals surface area contributed by atoms with E-state index in [0.717, 1.165) is 58.6 Å². The molecule has 1 aromatic carbocycles. The van der Waals surface area contributed by atoms with Crippen LogP contribution in [0.5, 0.6) is 0 Å². The lowest BCUT2D eigenvalue weighted by molar-refractivity contribution is 0.0991. The summed E-state index contributed by atoms with van der Waals surface area (Å²) < 4.78 is 0. The van der Waals surface area contributed by atoms with Crippen molar-refractivity contribution in [1.29, 1.82) is 0 Å². The SMILES string of the molecule is CN1CCN(c2cc(C(=O)Cc3ncc4ccc(-c5nnc(N(C)C)s5)cc4n3)ccn2)CC1. The van der Waals surface area contributed by atoms with Crippen molar-refractivity contribution >= 4 is 39.0 Å². The Kier molecular flexibility index (Phi) is 6.16. The summed E-state index contributed by atoms with van der Waals surface area (Å²) in [5, 5.41) is 11.1. The van der Waals surface area contributed by atoms with E-state index in [-0.39, 0.29) is 12.2 Å². The molecule has 34 heavy (non-hydrogen) atoms. The lowest BCUT2D eigenvalue weighted by atomic mass is 10.1. The van der Waals surface area contributed by atoms with Crippen LogP contribution in [0.3, 0.4) is 0 Å². The minimum absolute atomic E-state index is 0.0203. The summed E-state index contributed by atoms with van der Waals surface area (Å²) in [7, 11) is 6.00. The van der Waals surface area contributed by atoms with Crippen molar-refractivity contribution in [3.63, 3.8) is 0 Å². The molecular formula is C24H26N8OS. The van der Waals surface area contributed by atoms with Gasteiger partial charge in [-0.25, -0.2) is 15.0 Å². The molecule has 1 aliphatic heterocycles. The van der Waals surface area contributed by atoms with Crippen molar-refractivity contribution in [3.8, 4) is 10.6 Å². The summed E-state index contributed by atoms with van der Waals surface area (Å²) in [6.45, 7) is 3.78. The summed E-state index contributed by atoms with van der Waals surface area (Å²) in [6.07, 6.45) is 3.61. The van der Waals surface area contributed by atoms with Crippen LogP contribution in [0, 0.1) is 0 Å².